The topological polar surface area (TPSA) is 76.4 Å². The fraction of sp³-hybridized carbons (Fsp3) is 0.269. The van der Waals surface area contributed by atoms with Crippen molar-refractivity contribution < 1.29 is 4.74 Å². The van der Waals surface area contributed by atoms with Gasteiger partial charge < -0.3 is 19.9 Å². The van der Waals surface area contributed by atoms with Gasteiger partial charge in [0, 0.05) is 7.05 Å². The normalized spacial score (nSPS) is 12.5. The highest BCUT2D eigenvalue weighted by Gasteiger charge is 2.13. The molecule has 2 N–H and O–H groups in total. The van der Waals surface area contributed by atoms with Gasteiger partial charge in [-0.25, -0.2) is 4.99 Å². The van der Waals surface area contributed by atoms with Crippen LogP contribution in [0.3, 0.4) is 0 Å². The van der Waals surface area contributed by atoms with E-state index in [4.69, 9.17) is 9.73 Å². The number of fused-ring (bicyclic) bond motifs is 1. The molecule has 1 heterocycles. The van der Waals surface area contributed by atoms with Crippen LogP contribution in [0.15, 0.2) is 71.7 Å². The van der Waals surface area contributed by atoms with Gasteiger partial charge >= 0.3 is 0 Å². The maximum Gasteiger partial charge on any atom is 0.192 e. The minimum atomic E-state index is 0.0550. The molecule has 0 bridgehead atoms. The van der Waals surface area contributed by atoms with Crippen LogP contribution < -0.4 is 15.4 Å². The molecule has 0 aliphatic rings. The van der Waals surface area contributed by atoms with Crippen LogP contribution in [-0.4, -0.2) is 27.8 Å². The van der Waals surface area contributed by atoms with Crippen LogP contribution in [0.4, 0.5) is 0 Å². The molecule has 0 fully saturated rings. The molecule has 7 heteroatoms. The Balaban J connectivity index is 1.55. The van der Waals surface area contributed by atoms with E-state index in [0.717, 1.165) is 23.0 Å². The fourth-order valence-corrected chi connectivity index (χ4v) is 3.73. The second-order valence-corrected chi connectivity index (χ2v) is 8.02. The monoisotopic (exact) mass is 442 g/mol. The lowest BCUT2D eigenvalue weighted by Crippen LogP contribution is -2.39. The highest BCUT2D eigenvalue weighted by molar-refractivity contribution is 5.87. The Labute approximate surface area is 194 Å². The molecule has 0 spiro atoms. The van der Waals surface area contributed by atoms with E-state index in [9.17, 15) is 0 Å². The molecule has 3 aromatic carbocycles. The van der Waals surface area contributed by atoms with Crippen molar-refractivity contribution in [1.82, 2.24) is 25.4 Å². The lowest BCUT2D eigenvalue weighted by molar-refractivity contribution is 0.414. The Morgan fingerprint density at radius 2 is 1.79 bits per heavy atom. The van der Waals surface area contributed by atoms with Gasteiger partial charge in [-0.3, -0.25) is 0 Å². The molecular formula is C26H30N6O. The molecule has 0 aliphatic heterocycles. The van der Waals surface area contributed by atoms with Gasteiger partial charge in [0.1, 0.15) is 11.6 Å². The Bertz CT molecular complexity index is 1240. The summed E-state index contributed by atoms with van der Waals surface area (Å²) >= 11 is 0. The van der Waals surface area contributed by atoms with E-state index >= 15 is 0 Å². The number of hydrogen-bond donors (Lipinski definition) is 2. The van der Waals surface area contributed by atoms with Crippen molar-refractivity contribution in [2.75, 3.05) is 7.11 Å². The molecule has 1 aromatic heterocycles. The van der Waals surface area contributed by atoms with Gasteiger partial charge in [0.2, 0.25) is 0 Å². The minimum Gasteiger partial charge on any atom is -0.497 e. The number of methoxy groups -OCH3 is 1. The zero-order valence-electron chi connectivity index (χ0n) is 19.5. The molecule has 170 valence electrons. The maximum atomic E-state index is 5.26. The average molecular weight is 443 g/mol. The SMILES string of the molecule is COc1ccc(CN=C(NCc2nnc(C)n2C)NC(C)c2cccc3ccccc23)cc1. The maximum absolute atomic E-state index is 5.26. The van der Waals surface area contributed by atoms with E-state index < -0.39 is 0 Å². The molecular weight excluding hydrogens is 412 g/mol. The molecule has 0 saturated heterocycles. The quantitative estimate of drug-likeness (QED) is 0.330. The van der Waals surface area contributed by atoms with Crippen molar-refractivity contribution in [1.29, 1.82) is 0 Å². The summed E-state index contributed by atoms with van der Waals surface area (Å²) in [5.41, 5.74) is 2.32. The third-order valence-electron chi connectivity index (χ3n) is 5.82. The predicted octanol–water partition coefficient (Wildman–Crippen LogP) is 4.28. The van der Waals surface area contributed by atoms with Crippen molar-refractivity contribution in [2.45, 2.75) is 33.0 Å². The summed E-state index contributed by atoms with van der Waals surface area (Å²) in [5.74, 6) is 3.28. The number of benzene rings is 3. The van der Waals surface area contributed by atoms with Crippen molar-refractivity contribution in [3.05, 3.63) is 89.5 Å². The molecule has 33 heavy (non-hydrogen) atoms. The number of aromatic nitrogens is 3. The molecule has 0 aliphatic carbocycles. The number of aliphatic imine (C=N–C) groups is 1. The Morgan fingerprint density at radius 3 is 2.52 bits per heavy atom. The first-order valence-electron chi connectivity index (χ1n) is 11.1. The highest BCUT2D eigenvalue weighted by Crippen LogP contribution is 2.24. The zero-order valence-corrected chi connectivity index (χ0v) is 19.5. The molecule has 1 unspecified atom stereocenters. The van der Waals surface area contributed by atoms with Gasteiger partial charge in [0.15, 0.2) is 11.8 Å². The van der Waals surface area contributed by atoms with Crippen molar-refractivity contribution in [2.24, 2.45) is 12.0 Å². The lowest BCUT2D eigenvalue weighted by atomic mass is 10.00. The van der Waals surface area contributed by atoms with Gasteiger partial charge in [-0.15, -0.1) is 10.2 Å². The van der Waals surface area contributed by atoms with E-state index in [-0.39, 0.29) is 6.04 Å². The average Bonchev–Trinajstić information content (AvgIpc) is 3.17. The molecule has 4 rings (SSSR count). The third-order valence-corrected chi connectivity index (χ3v) is 5.82. The fourth-order valence-electron chi connectivity index (χ4n) is 3.73. The van der Waals surface area contributed by atoms with Gasteiger partial charge in [-0.2, -0.15) is 0 Å². The number of rotatable bonds is 7. The number of nitrogens with one attached hydrogen (secondary N) is 2. The summed E-state index contributed by atoms with van der Waals surface area (Å²) in [6.45, 7) is 5.16. The zero-order chi connectivity index (χ0) is 23.2. The summed E-state index contributed by atoms with van der Waals surface area (Å²) in [6.07, 6.45) is 0. The van der Waals surface area contributed by atoms with E-state index in [0.29, 0.717) is 19.0 Å². The van der Waals surface area contributed by atoms with Crippen LogP contribution >= 0.6 is 0 Å². The van der Waals surface area contributed by atoms with Gasteiger partial charge in [0.25, 0.3) is 0 Å². The van der Waals surface area contributed by atoms with Crippen LogP contribution in [-0.2, 0) is 20.1 Å². The van der Waals surface area contributed by atoms with E-state index in [1.165, 1.54) is 16.3 Å². The Kier molecular flexibility index (Phi) is 6.88. The number of ether oxygens (including phenoxy) is 1. The minimum absolute atomic E-state index is 0.0550. The predicted molar refractivity (Wildman–Crippen MR) is 132 cm³/mol. The second-order valence-electron chi connectivity index (χ2n) is 8.02. The van der Waals surface area contributed by atoms with Crippen LogP contribution in [0.2, 0.25) is 0 Å². The van der Waals surface area contributed by atoms with E-state index in [1.54, 1.807) is 7.11 Å². The first-order chi connectivity index (χ1) is 16.0. The third kappa shape index (κ3) is 5.31. The van der Waals surface area contributed by atoms with Crippen molar-refractivity contribution in [3.63, 3.8) is 0 Å². The molecule has 0 radical (unpaired) electrons. The Morgan fingerprint density at radius 1 is 1.03 bits per heavy atom. The molecule has 4 aromatic rings. The highest BCUT2D eigenvalue weighted by atomic mass is 16.5. The molecule has 0 saturated carbocycles. The summed E-state index contributed by atoms with van der Waals surface area (Å²) in [7, 11) is 3.63. The molecule has 0 amide bonds. The Hall–Kier alpha value is -3.87. The molecule has 7 nitrogen and oxygen atoms in total. The summed E-state index contributed by atoms with van der Waals surface area (Å²) in [4.78, 5) is 4.84. The largest absolute Gasteiger partial charge is 0.497 e. The number of aryl methyl sites for hydroxylation is 1. The number of nitrogens with zero attached hydrogens (tertiary/aromatic N) is 4. The van der Waals surface area contributed by atoms with Crippen molar-refractivity contribution in [3.8, 4) is 5.75 Å². The van der Waals surface area contributed by atoms with Gasteiger partial charge in [-0.05, 0) is 47.9 Å². The first kappa shape index (κ1) is 22.3. The summed E-state index contributed by atoms with van der Waals surface area (Å²) < 4.78 is 7.23. The van der Waals surface area contributed by atoms with E-state index in [2.05, 4.69) is 70.2 Å². The van der Waals surface area contributed by atoms with Gasteiger partial charge in [0.05, 0.1) is 26.2 Å². The standard InChI is InChI=1S/C26H30N6O/c1-18(23-11-7-9-21-8-5-6-10-24(21)23)29-26(28-17-25-31-30-19(2)32(25)3)27-16-20-12-14-22(33-4)15-13-20/h5-15,18H,16-17H2,1-4H3,(H2,27,28,29). The number of guanidine groups is 1. The van der Waals surface area contributed by atoms with Crippen LogP contribution in [0, 0.1) is 6.92 Å². The van der Waals surface area contributed by atoms with Gasteiger partial charge in [-0.1, -0.05) is 54.6 Å². The lowest BCUT2D eigenvalue weighted by Gasteiger charge is -2.20. The molecule has 1 atom stereocenters. The smallest absolute Gasteiger partial charge is 0.192 e. The van der Waals surface area contributed by atoms with Crippen LogP contribution in [0.5, 0.6) is 5.75 Å². The second kappa shape index (κ2) is 10.2. The van der Waals surface area contributed by atoms with Crippen LogP contribution in [0.1, 0.15) is 35.7 Å². The first-order valence-corrected chi connectivity index (χ1v) is 11.1. The summed E-state index contributed by atoms with van der Waals surface area (Å²) in [5, 5.41) is 17.9. The van der Waals surface area contributed by atoms with E-state index in [1.807, 2.05) is 42.8 Å². The van der Waals surface area contributed by atoms with Crippen LogP contribution in [0.25, 0.3) is 10.8 Å². The summed E-state index contributed by atoms with van der Waals surface area (Å²) in [6, 6.07) is 22.8. The number of hydrogen-bond acceptors (Lipinski definition) is 4. The van der Waals surface area contributed by atoms with Crippen molar-refractivity contribution >= 4 is 16.7 Å².